The lowest BCUT2D eigenvalue weighted by atomic mass is 10.1. The van der Waals surface area contributed by atoms with Gasteiger partial charge in [0.15, 0.2) is 5.11 Å². The van der Waals surface area contributed by atoms with E-state index in [-0.39, 0.29) is 12.1 Å². The maximum absolute atomic E-state index is 5.65. The number of hydrogen-bond donors (Lipinski definition) is 2. The Labute approximate surface area is 120 Å². The molecule has 1 aromatic rings. The molecule has 0 aliphatic carbocycles. The molecule has 2 N–H and O–H groups in total. The van der Waals surface area contributed by atoms with E-state index in [1.165, 1.54) is 5.56 Å². The van der Waals surface area contributed by atoms with Crippen molar-refractivity contribution in [2.75, 3.05) is 11.9 Å². The van der Waals surface area contributed by atoms with Gasteiger partial charge >= 0.3 is 0 Å². The second kappa shape index (κ2) is 6.87. The first kappa shape index (κ1) is 14.3. The highest BCUT2D eigenvalue weighted by Crippen LogP contribution is 2.15. The molecule has 0 spiro atoms. The van der Waals surface area contributed by atoms with Crippen LogP contribution in [0.3, 0.4) is 0 Å². The van der Waals surface area contributed by atoms with E-state index in [1.807, 2.05) is 0 Å². The normalized spacial score (nSPS) is 20.0. The van der Waals surface area contributed by atoms with Crippen molar-refractivity contribution in [3.05, 3.63) is 29.8 Å². The van der Waals surface area contributed by atoms with Crippen molar-refractivity contribution in [1.29, 1.82) is 0 Å². The van der Waals surface area contributed by atoms with Gasteiger partial charge in [-0.15, -0.1) is 0 Å². The number of thiocarbonyl (C=S) groups is 1. The number of aryl methyl sites for hydroxylation is 1. The van der Waals surface area contributed by atoms with Gasteiger partial charge in [-0.3, -0.25) is 0 Å². The van der Waals surface area contributed by atoms with Crippen LogP contribution in [0.15, 0.2) is 24.3 Å². The van der Waals surface area contributed by atoms with Crippen LogP contribution < -0.4 is 10.6 Å². The van der Waals surface area contributed by atoms with Crippen LogP contribution >= 0.6 is 12.2 Å². The Morgan fingerprint density at radius 3 is 2.74 bits per heavy atom. The summed E-state index contributed by atoms with van der Waals surface area (Å²) in [6.45, 7) is 5.14. The summed E-state index contributed by atoms with van der Waals surface area (Å²) in [5.74, 6) is 0. The SMILES string of the molecule is CCc1ccc(NC(=S)NC(C)C2CCCO2)cc1. The molecule has 0 amide bonds. The number of rotatable bonds is 4. The second-order valence-electron chi connectivity index (χ2n) is 4.99. The Morgan fingerprint density at radius 1 is 1.42 bits per heavy atom. The van der Waals surface area contributed by atoms with E-state index in [1.54, 1.807) is 0 Å². The monoisotopic (exact) mass is 278 g/mol. The zero-order chi connectivity index (χ0) is 13.7. The lowest BCUT2D eigenvalue weighted by molar-refractivity contribution is 0.0895. The van der Waals surface area contributed by atoms with Gasteiger partial charge in [-0.1, -0.05) is 19.1 Å². The maximum Gasteiger partial charge on any atom is 0.171 e. The minimum atomic E-state index is 0.248. The van der Waals surface area contributed by atoms with Crippen LogP contribution in [-0.2, 0) is 11.2 Å². The number of ether oxygens (including phenoxy) is 1. The van der Waals surface area contributed by atoms with Crippen molar-refractivity contribution in [3.63, 3.8) is 0 Å². The van der Waals surface area contributed by atoms with Crippen LogP contribution in [-0.4, -0.2) is 23.9 Å². The van der Waals surface area contributed by atoms with Crippen LogP contribution in [0.1, 0.15) is 32.3 Å². The summed E-state index contributed by atoms with van der Waals surface area (Å²) in [6, 6.07) is 8.60. The first-order valence-electron chi connectivity index (χ1n) is 6.97. The topological polar surface area (TPSA) is 33.3 Å². The molecule has 19 heavy (non-hydrogen) atoms. The number of benzene rings is 1. The predicted octanol–water partition coefficient (Wildman–Crippen LogP) is 3.10. The van der Waals surface area contributed by atoms with Crippen molar-refractivity contribution in [2.45, 2.75) is 45.3 Å². The molecule has 1 saturated heterocycles. The fraction of sp³-hybridized carbons (Fsp3) is 0.533. The van der Waals surface area contributed by atoms with Gasteiger partial charge in [0.2, 0.25) is 0 Å². The van der Waals surface area contributed by atoms with Gasteiger partial charge in [0.25, 0.3) is 0 Å². The largest absolute Gasteiger partial charge is 0.376 e. The molecule has 0 aromatic heterocycles. The Kier molecular flexibility index (Phi) is 5.16. The number of anilines is 1. The van der Waals surface area contributed by atoms with Crippen LogP contribution in [0.5, 0.6) is 0 Å². The average Bonchev–Trinajstić information content (AvgIpc) is 2.93. The van der Waals surface area contributed by atoms with E-state index in [0.29, 0.717) is 5.11 Å². The summed E-state index contributed by atoms with van der Waals surface area (Å²) in [5, 5.41) is 7.17. The van der Waals surface area contributed by atoms with Crippen LogP contribution in [0.25, 0.3) is 0 Å². The molecule has 0 saturated carbocycles. The molecule has 2 atom stereocenters. The summed E-state index contributed by atoms with van der Waals surface area (Å²) < 4.78 is 5.65. The van der Waals surface area contributed by atoms with E-state index >= 15 is 0 Å². The van der Waals surface area contributed by atoms with Crippen LogP contribution in [0.4, 0.5) is 5.69 Å². The van der Waals surface area contributed by atoms with Crippen molar-refractivity contribution in [2.24, 2.45) is 0 Å². The second-order valence-corrected chi connectivity index (χ2v) is 5.40. The molecule has 3 nitrogen and oxygen atoms in total. The van der Waals surface area contributed by atoms with Crippen LogP contribution in [0.2, 0.25) is 0 Å². The Balaban J connectivity index is 1.82. The van der Waals surface area contributed by atoms with Gasteiger partial charge < -0.3 is 15.4 Å². The van der Waals surface area contributed by atoms with Gasteiger partial charge in [0.05, 0.1) is 12.1 Å². The highest BCUT2D eigenvalue weighted by atomic mass is 32.1. The molecular formula is C15H22N2OS. The molecule has 104 valence electrons. The Hall–Kier alpha value is -1.13. The first-order valence-corrected chi connectivity index (χ1v) is 7.38. The molecule has 0 bridgehead atoms. The lowest BCUT2D eigenvalue weighted by Crippen LogP contribution is -2.42. The third kappa shape index (κ3) is 4.18. The molecular weight excluding hydrogens is 256 g/mol. The van der Waals surface area contributed by atoms with Crippen molar-refractivity contribution in [1.82, 2.24) is 5.32 Å². The summed E-state index contributed by atoms with van der Waals surface area (Å²) in [5.41, 5.74) is 2.35. The highest BCUT2D eigenvalue weighted by Gasteiger charge is 2.22. The van der Waals surface area contributed by atoms with E-state index < -0.39 is 0 Å². The first-order chi connectivity index (χ1) is 9.19. The molecule has 1 fully saturated rings. The van der Waals surface area contributed by atoms with Crippen molar-refractivity contribution >= 4 is 23.0 Å². The summed E-state index contributed by atoms with van der Waals surface area (Å²) >= 11 is 5.33. The standard InChI is InChI=1S/C15H22N2OS/c1-3-12-6-8-13(9-7-12)17-15(19)16-11(2)14-5-4-10-18-14/h6-9,11,14H,3-5,10H2,1-2H3,(H2,16,17,19). The van der Waals surface area contributed by atoms with E-state index in [9.17, 15) is 0 Å². The van der Waals surface area contributed by atoms with E-state index in [2.05, 4.69) is 48.7 Å². The molecule has 4 heteroatoms. The summed E-state index contributed by atoms with van der Waals surface area (Å²) in [7, 11) is 0. The quantitative estimate of drug-likeness (QED) is 0.829. The molecule has 0 radical (unpaired) electrons. The minimum Gasteiger partial charge on any atom is -0.376 e. The fourth-order valence-corrected chi connectivity index (χ4v) is 2.59. The third-order valence-electron chi connectivity index (χ3n) is 3.50. The maximum atomic E-state index is 5.65. The zero-order valence-corrected chi connectivity index (χ0v) is 12.4. The number of hydrogen-bond acceptors (Lipinski definition) is 2. The van der Waals surface area contributed by atoms with E-state index in [0.717, 1.165) is 31.6 Å². The van der Waals surface area contributed by atoms with Gasteiger partial charge in [-0.2, -0.15) is 0 Å². The van der Waals surface area contributed by atoms with Crippen LogP contribution in [0, 0.1) is 0 Å². The van der Waals surface area contributed by atoms with Gasteiger partial charge in [0, 0.05) is 12.3 Å². The molecule has 1 aromatic carbocycles. The van der Waals surface area contributed by atoms with Gasteiger partial charge in [-0.05, 0) is 56.1 Å². The number of nitrogens with one attached hydrogen (secondary N) is 2. The third-order valence-corrected chi connectivity index (χ3v) is 3.72. The van der Waals surface area contributed by atoms with Crippen molar-refractivity contribution in [3.8, 4) is 0 Å². The Bertz CT molecular complexity index is 413. The van der Waals surface area contributed by atoms with E-state index in [4.69, 9.17) is 17.0 Å². The minimum absolute atomic E-state index is 0.248. The molecule has 2 rings (SSSR count). The summed E-state index contributed by atoms with van der Waals surface area (Å²) in [4.78, 5) is 0. The molecule has 1 aliphatic heterocycles. The Morgan fingerprint density at radius 2 is 2.16 bits per heavy atom. The van der Waals surface area contributed by atoms with Gasteiger partial charge in [-0.25, -0.2) is 0 Å². The van der Waals surface area contributed by atoms with Gasteiger partial charge in [0.1, 0.15) is 0 Å². The molecule has 1 aliphatic rings. The molecule has 2 unspecified atom stereocenters. The molecule has 1 heterocycles. The zero-order valence-electron chi connectivity index (χ0n) is 11.6. The highest BCUT2D eigenvalue weighted by molar-refractivity contribution is 7.80. The fourth-order valence-electron chi connectivity index (χ4n) is 2.29. The predicted molar refractivity (Wildman–Crippen MR) is 83.6 cm³/mol. The smallest absolute Gasteiger partial charge is 0.171 e. The summed E-state index contributed by atoms with van der Waals surface area (Å²) in [6.07, 6.45) is 3.60. The lowest BCUT2D eigenvalue weighted by Gasteiger charge is -2.22. The average molecular weight is 278 g/mol. The van der Waals surface area contributed by atoms with Crippen molar-refractivity contribution < 1.29 is 4.74 Å².